The van der Waals surface area contributed by atoms with Gasteiger partial charge in [0.1, 0.15) is 11.5 Å². The van der Waals surface area contributed by atoms with Crippen molar-refractivity contribution in [2.45, 2.75) is 25.0 Å². The lowest BCUT2D eigenvalue weighted by atomic mass is 9.89. The maximum atomic E-state index is 11.1. The molecule has 0 aromatic heterocycles. The van der Waals surface area contributed by atoms with Gasteiger partial charge in [0.05, 0.1) is 11.3 Å². The fraction of sp³-hybridized carbons (Fsp3) is 0.267. The van der Waals surface area contributed by atoms with E-state index in [1.165, 1.54) is 24.3 Å². The number of rotatable bonds is 5. The zero-order chi connectivity index (χ0) is 18.0. The second-order valence-corrected chi connectivity index (χ2v) is 6.64. The van der Waals surface area contributed by atoms with Gasteiger partial charge in [0.15, 0.2) is 5.79 Å². The Bertz CT molecular complexity index is 744. The zero-order valence-electron chi connectivity index (χ0n) is 12.6. The molecule has 1 aromatic carbocycles. The summed E-state index contributed by atoms with van der Waals surface area (Å²) in [5, 5.41) is 39.8. The Kier molecular flexibility index (Phi) is 5.27. The van der Waals surface area contributed by atoms with E-state index in [9.17, 15) is 25.0 Å². The Morgan fingerprint density at radius 3 is 2.33 bits per heavy atom. The SMILES string of the molecule is O=P(O)(O)N=C1CC=CC(O)=C1C(O)(O)CCc1ccc(O)cc1. The smallest absolute Gasteiger partial charge is 0.448 e. The molecule has 0 saturated carbocycles. The number of aliphatic hydroxyl groups is 3. The van der Waals surface area contributed by atoms with Crippen LogP contribution in [0.15, 0.2) is 52.5 Å². The van der Waals surface area contributed by atoms with Crippen LogP contribution in [0.3, 0.4) is 0 Å². The molecule has 0 spiro atoms. The molecule has 0 unspecified atom stereocenters. The van der Waals surface area contributed by atoms with Crippen LogP contribution in [0.4, 0.5) is 0 Å². The highest BCUT2D eigenvalue weighted by Gasteiger charge is 2.36. The van der Waals surface area contributed by atoms with Crippen molar-refractivity contribution in [2.75, 3.05) is 0 Å². The lowest BCUT2D eigenvalue weighted by Crippen LogP contribution is -2.37. The molecule has 0 fully saturated rings. The van der Waals surface area contributed by atoms with E-state index in [1.54, 1.807) is 12.1 Å². The van der Waals surface area contributed by atoms with E-state index in [4.69, 9.17) is 9.79 Å². The highest BCUT2D eigenvalue weighted by atomic mass is 31.2. The fourth-order valence-corrected chi connectivity index (χ4v) is 2.90. The second-order valence-electron chi connectivity index (χ2n) is 5.41. The topological polar surface area (TPSA) is 151 Å². The average Bonchev–Trinajstić information content (AvgIpc) is 2.45. The van der Waals surface area contributed by atoms with Gasteiger partial charge in [-0.3, -0.25) is 0 Å². The normalized spacial score (nSPS) is 17.6. The summed E-state index contributed by atoms with van der Waals surface area (Å²) < 4.78 is 14.3. The van der Waals surface area contributed by atoms with Crippen LogP contribution in [0.25, 0.3) is 0 Å². The number of nitrogens with zero attached hydrogens (tertiary/aromatic N) is 1. The van der Waals surface area contributed by atoms with Gasteiger partial charge < -0.3 is 30.2 Å². The van der Waals surface area contributed by atoms with Gasteiger partial charge in [-0.25, -0.2) is 4.57 Å². The Labute approximate surface area is 138 Å². The Morgan fingerprint density at radius 2 is 1.75 bits per heavy atom. The van der Waals surface area contributed by atoms with Gasteiger partial charge in [0.25, 0.3) is 0 Å². The predicted molar refractivity (Wildman–Crippen MR) is 86.5 cm³/mol. The van der Waals surface area contributed by atoms with E-state index in [-0.39, 0.29) is 30.7 Å². The molecule has 0 saturated heterocycles. The molecule has 1 aliphatic carbocycles. The van der Waals surface area contributed by atoms with Gasteiger partial charge in [0.2, 0.25) is 0 Å². The van der Waals surface area contributed by atoms with Crippen LogP contribution in [0.1, 0.15) is 18.4 Å². The number of phenolic OH excluding ortho intramolecular Hbond substituents is 1. The minimum absolute atomic E-state index is 0.0490. The van der Waals surface area contributed by atoms with E-state index in [0.717, 1.165) is 0 Å². The average molecular weight is 355 g/mol. The van der Waals surface area contributed by atoms with Gasteiger partial charge >= 0.3 is 7.75 Å². The minimum atomic E-state index is -4.79. The molecule has 6 N–H and O–H groups in total. The monoisotopic (exact) mass is 355 g/mol. The van der Waals surface area contributed by atoms with Crippen molar-refractivity contribution in [1.29, 1.82) is 0 Å². The molecule has 0 aliphatic heterocycles. The summed E-state index contributed by atoms with van der Waals surface area (Å²) in [6, 6.07) is 6.11. The van der Waals surface area contributed by atoms with E-state index < -0.39 is 24.9 Å². The number of allylic oxidation sites excluding steroid dienone is 2. The van der Waals surface area contributed by atoms with E-state index in [0.29, 0.717) is 5.56 Å². The summed E-state index contributed by atoms with van der Waals surface area (Å²) in [7, 11) is -4.79. The van der Waals surface area contributed by atoms with Crippen molar-refractivity contribution >= 4 is 13.5 Å². The largest absolute Gasteiger partial charge is 0.508 e. The molecule has 8 nitrogen and oxygen atoms in total. The molecule has 0 amide bonds. The van der Waals surface area contributed by atoms with E-state index in [1.807, 2.05) is 0 Å². The number of aryl methyl sites for hydroxylation is 1. The summed E-state index contributed by atoms with van der Waals surface area (Å²) in [6.45, 7) is 0. The number of hydrogen-bond acceptors (Lipinski definition) is 5. The standard InChI is InChI=1S/C15H18NO7P/c17-11-6-4-10(5-7-11)8-9-15(19,20)14-12(16-24(21,22)23)2-1-3-13(14)18/h1,3-7,17-20H,2,8-9H2,(H2,21,22,23). The van der Waals surface area contributed by atoms with Gasteiger partial charge in [-0.2, -0.15) is 4.76 Å². The Morgan fingerprint density at radius 1 is 1.12 bits per heavy atom. The van der Waals surface area contributed by atoms with Crippen LogP contribution in [0.5, 0.6) is 5.75 Å². The van der Waals surface area contributed by atoms with Gasteiger partial charge in [-0.1, -0.05) is 18.2 Å². The first-order valence-electron chi connectivity index (χ1n) is 7.06. The van der Waals surface area contributed by atoms with Gasteiger partial charge in [-0.15, -0.1) is 0 Å². The third kappa shape index (κ3) is 4.77. The van der Waals surface area contributed by atoms with Crippen LogP contribution in [0.2, 0.25) is 0 Å². The summed E-state index contributed by atoms with van der Waals surface area (Å²) in [5.74, 6) is -2.96. The molecular formula is C15H18NO7P. The highest BCUT2D eigenvalue weighted by Crippen LogP contribution is 2.40. The van der Waals surface area contributed by atoms with Crippen LogP contribution < -0.4 is 0 Å². The molecule has 1 aliphatic rings. The van der Waals surface area contributed by atoms with Crippen molar-refractivity contribution in [3.63, 3.8) is 0 Å². The van der Waals surface area contributed by atoms with Crippen molar-refractivity contribution in [3.05, 3.63) is 53.3 Å². The van der Waals surface area contributed by atoms with E-state index in [2.05, 4.69) is 4.76 Å². The van der Waals surface area contributed by atoms with Crippen LogP contribution in [-0.4, -0.2) is 41.7 Å². The van der Waals surface area contributed by atoms with Gasteiger partial charge in [0, 0.05) is 12.8 Å². The molecule has 24 heavy (non-hydrogen) atoms. The summed E-state index contributed by atoms with van der Waals surface area (Å²) in [5.41, 5.74) is 0.00587. The van der Waals surface area contributed by atoms with Crippen LogP contribution in [-0.2, 0) is 11.0 Å². The molecular weight excluding hydrogens is 337 g/mol. The quantitative estimate of drug-likeness (QED) is 0.344. The predicted octanol–water partition coefficient (Wildman–Crippen LogP) is 1.31. The number of phenols is 1. The van der Waals surface area contributed by atoms with Crippen molar-refractivity contribution in [2.24, 2.45) is 4.76 Å². The number of aromatic hydroxyl groups is 1. The fourth-order valence-electron chi connectivity index (χ4n) is 2.41. The van der Waals surface area contributed by atoms with Crippen LogP contribution >= 0.6 is 7.75 Å². The summed E-state index contributed by atoms with van der Waals surface area (Å²) in [6.07, 6.45) is 2.52. The van der Waals surface area contributed by atoms with Crippen molar-refractivity contribution in [3.8, 4) is 5.75 Å². The second kappa shape index (κ2) is 6.88. The third-order valence-corrected chi connectivity index (χ3v) is 3.98. The first-order chi connectivity index (χ1) is 11.1. The number of aliphatic hydroxyl groups excluding tert-OH is 1. The first-order valence-corrected chi connectivity index (χ1v) is 8.63. The first kappa shape index (κ1) is 18.4. The molecule has 0 radical (unpaired) electrons. The van der Waals surface area contributed by atoms with Crippen LogP contribution in [0, 0.1) is 0 Å². The lowest BCUT2D eigenvalue weighted by molar-refractivity contribution is -0.129. The number of hydrogen-bond donors (Lipinski definition) is 6. The molecule has 130 valence electrons. The molecule has 2 rings (SSSR count). The van der Waals surface area contributed by atoms with Gasteiger partial charge in [-0.05, 0) is 30.2 Å². The third-order valence-electron chi connectivity index (χ3n) is 3.48. The molecule has 0 heterocycles. The summed E-state index contributed by atoms with van der Waals surface area (Å²) >= 11 is 0. The minimum Gasteiger partial charge on any atom is -0.508 e. The van der Waals surface area contributed by atoms with Crippen molar-refractivity contribution < 1.29 is 34.8 Å². The van der Waals surface area contributed by atoms with Crippen molar-refractivity contribution in [1.82, 2.24) is 0 Å². The molecule has 0 atom stereocenters. The van der Waals surface area contributed by atoms with E-state index >= 15 is 0 Å². The Hall–Kier alpha value is -1.96. The molecule has 9 heteroatoms. The Balaban J connectivity index is 2.27. The molecule has 1 aromatic rings. The highest BCUT2D eigenvalue weighted by molar-refractivity contribution is 7.50. The summed E-state index contributed by atoms with van der Waals surface area (Å²) in [4.78, 5) is 18.0. The lowest BCUT2D eigenvalue weighted by Gasteiger charge is -2.28. The maximum absolute atomic E-state index is 11.1. The maximum Gasteiger partial charge on any atom is 0.448 e. The molecule has 0 bridgehead atoms. The number of benzene rings is 1. The zero-order valence-corrected chi connectivity index (χ0v) is 13.5.